The fourth-order valence-corrected chi connectivity index (χ4v) is 0. The quantitative estimate of drug-likeness (QED) is 0.356. The first-order valence-corrected chi connectivity index (χ1v) is 2.01. The normalized spacial score (nSPS) is 8.78. The Kier molecular flexibility index (Phi) is 7.34. The van der Waals surface area contributed by atoms with Gasteiger partial charge in [0.2, 0.25) is 0 Å². The number of halogens is 2. The molecule has 0 atom stereocenters. The molecule has 4 N–H and O–H groups in total. The van der Waals surface area contributed by atoms with E-state index in [9.17, 15) is 0 Å². The fraction of sp³-hybridized carbons (Fsp3) is 0.750. The van der Waals surface area contributed by atoms with Gasteiger partial charge in [-0.05, 0) is 13.8 Å². The summed E-state index contributed by atoms with van der Waals surface area (Å²) in [7, 11) is 0. The lowest BCUT2D eigenvalue weighted by Crippen LogP contribution is -2.36. The van der Waals surface area contributed by atoms with Crippen LogP contribution in [0.5, 0.6) is 0 Å². The zero-order valence-electron chi connectivity index (χ0n) is 5.34. The Morgan fingerprint density at radius 2 is 1.56 bits per heavy atom. The molecule has 0 heterocycles. The second-order valence-corrected chi connectivity index (χ2v) is 1.97. The van der Waals surface area contributed by atoms with Crippen molar-refractivity contribution in [2.75, 3.05) is 0 Å². The highest BCUT2D eigenvalue weighted by Crippen LogP contribution is 1.96. The Morgan fingerprint density at radius 3 is 1.56 bits per heavy atom. The second-order valence-electron chi connectivity index (χ2n) is 1.97. The highest BCUT2D eigenvalue weighted by Gasteiger charge is 2.14. The summed E-state index contributed by atoms with van der Waals surface area (Å²) in [6, 6.07) is 0. The van der Waals surface area contributed by atoms with Crippen molar-refractivity contribution in [3.8, 4) is 0 Å². The van der Waals surface area contributed by atoms with Gasteiger partial charge in [0.05, 0.1) is 0 Å². The maximum absolute atomic E-state index is 8.75. The van der Waals surface area contributed by atoms with Crippen molar-refractivity contribution in [1.82, 2.24) is 0 Å². The topological polar surface area (TPSA) is 70.1 Å². The molecule has 0 unspecified atom stereocenters. The van der Waals surface area contributed by atoms with Crippen molar-refractivity contribution in [3.05, 3.63) is 0 Å². The van der Waals surface area contributed by atoms with Crippen LogP contribution < -0.4 is 5.73 Å². The van der Waals surface area contributed by atoms with Crippen LogP contribution in [0, 0.1) is 5.41 Å². The fourth-order valence-electron chi connectivity index (χ4n) is 0. The van der Waals surface area contributed by atoms with Crippen LogP contribution in [0.2, 0.25) is 0 Å². The van der Waals surface area contributed by atoms with E-state index in [1.165, 1.54) is 13.8 Å². The van der Waals surface area contributed by atoms with Gasteiger partial charge in [-0.1, -0.05) is 0 Å². The van der Waals surface area contributed by atoms with E-state index in [-0.39, 0.29) is 15.2 Å². The molecular formula is C4H12F2N2O. The third-order valence-corrected chi connectivity index (χ3v) is 0.659. The van der Waals surface area contributed by atoms with Crippen molar-refractivity contribution in [1.29, 1.82) is 5.41 Å². The smallest absolute Gasteiger partial charge is 0.123 e. The molecular weight excluding hydrogens is 130 g/mol. The first-order valence-electron chi connectivity index (χ1n) is 2.01. The first-order chi connectivity index (χ1) is 2.94. The van der Waals surface area contributed by atoms with E-state index >= 15 is 0 Å². The molecule has 0 spiro atoms. The number of rotatable bonds is 1. The minimum Gasteiger partial charge on any atom is -0.385 e. The lowest BCUT2D eigenvalue weighted by molar-refractivity contribution is 0.151. The van der Waals surface area contributed by atoms with Crippen LogP contribution in [0.4, 0.5) is 9.41 Å². The third kappa shape index (κ3) is 7.29. The summed E-state index contributed by atoms with van der Waals surface area (Å²) >= 11 is 0. The summed E-state index contributed by atoms with van der Waals surface area (Å²) in [4.78, 5) is 0. The predicted molar refractivity (Wildman–Crippen MR) is 33.2 cm³/mol. The molecule has 0 aromatic rings. The number of nitrogens with two attached hydrogens (primary N) is 1. The number of nitrogens with one attached hydrogen (secondary N) is 1. The van der Waals surface area contributed by atoms with Gasteiger partial charge in [-0.25, -0.2) is 0 Å². The van der Waals surface area contributed by atoms with E-state index in [2.05, 4.69) is 0 Å². The van der Waals surface area contributed by atoms with Gasteiger partial charge in [0.1, 0.15) is 11.4 Å². The lowest BCUT2D eigenvalue weighted by Gasteiger charge is -2.12. The molecule has 0 aliphatic carbocycles. The van der Waals surface area contributed by atoms with Gasteiger partial charge in [0.25, 0.3) is 0 Å². The molecule has 0 rings (SSSR count). The third-order valence-electron chi connectivity index (χ3n) is 0.659. The van der Waals surface area contributed by atoms with Crippen molar-refractivity contribution in [2.24, 2.45) is 5.73 Å². The Hall–Kier alpha value is -0.710. The minimum absolute atomic E-state index is 0. The summed E-state index contributed by atoms with van der Waals surface area (Å²) in [5.74, 6) is -0.201. The minimum atomic E-state index is -1.14. The molecule has 0 radical (unpaired) electrons. The molecule has 5 heteroatoms. The average Bonchev–Trinajstić information content (AvgIpc) is 1.31. The first kappa shape index (κ1) is 15.7. The van der Waals surface area contributed by atoms with Crippen LogP contribution in [-0.2, 0) is 0 Å². The Morgan fingerprint density at radius 1 is 1.44 bits per heavy atom. The summed E-state index contributed by atoms with van der Waals surface area (Å²) in [5.41, 5.74) is 3.76. The molecule has 58 valence electrons. The van der Waals surface area contributed by atoms with Gasteiger partial charge in [-0.2, -0.15) is 0 Å². The van der Waals surface area contributed by atoms with Gasteiger partial charge < -0.3 is 10.8 Å². The number of hydrogen-bond donors (Lipinski definition) is 3. The Bertz CT molecular complexity index is 89.1. The average molecular weight is 142 g/mol. The Labute approximate surface area is 52.1 Å². The van der Waals surface area contributed by atoms with Crippen LogP contribution >= 0.6 is 0 Å². The van der Waals surface area contributed by atoms with Gasteiger partial charge in [0, 0.05) is 0 Å². The maximum Gasteiger partial charge on any atom is 0.123 e. The largest absolute Gasteiger partial charge is 0.385 e. The molecule has 0 aromatic carbocycles. The van der Waals surface area contributed by atoms with E-state index < -0.39 is 5.60 Å². The molecule has 0 amide bonds. The van der Waals surface area contributed by atoms with Crippen molar-refractivity contribution in [3.63, 3.8) is 0 Å². The predicted octanol–water partition coefficient (Wildman–Crippen LogP) is -0.00173. The molecule has 0 fully saturated rings. The number of hydrogen-bond acceptors (Lipinski definition) is 2. The molecule has 0 saturated heterocycles. The van der Waals surface area contributed by atoms with Crippen LogP contribution in [0.1, 0.15) is 13.8 Å². The Balaban J connectivity index is -0.000000180. The number of amidine groups is 1. The summed E-state index contributed by atoms with van der Waals surface area (Å²) in [6.45, 7) is 2.94. The molecule has 0 saturated carbocycles. The van der Waals surface area contributed by atoms with E-state index in [0.717, 1.165) is 0 Å². The molecule has 0 aliphatic heterocycles. The summed E-state index contributed by atoms with van der Waals surface area (Å²) in [6.07, 6.45) is 0. The molecule has 0 bridgehead atoms. The summed E-state index contributed by atoms with van der Waals surface area (Å²) < 4.78 is 0. The van der Waals surface area contributed by atoms with Gasteiger partial charge >= 0.3 is 0 Å². The van der Waals surface area contributed by atoms with Crippen LogP contribution in [0.3, 0.4) is 0 Å². The van der Waals surface area contributed by atoms with Gasteiger partial charge in [0.15, 0.2) is 0 Å². The zero-order chi connectivity index (χ0) is 6.08. The molecule has 0 aromatic heterocycles. The van der Waals surface area contributed by atoms with Crippen LogP contribution in [0.15, 0.2) is 0 Å². The molecule has 3 nitrogen and oxygen atoms in total. The van der Waals surface area contributed by atoms with Crippen molar-refractivity contribution < 1.29 is 14.5 Å². The van der Waals surface area contributed by atoms with E-state index in [4.69, 9.17) is 16.2 Å². The molecule has 0 aliphatic rings. The van der Waals surface area contributed by atoms with Crippen molar-refractivity contribution in [2.45, 2.75) is 19.4 Å². The summed E-state index contributed by atoms with van der Waals surface area (Å²) in [5, 5.41) is 15.4. The van der Waals surface area contributed by atoms with Crippen LogP contribution in [0.25, 0.3) is 0 Å². The van der Waals surface area contributed by atoms with E-state index in [1.54, 1.807) is 0 Å². The van der Waals surface area contributed by atoms with Crippen molar-refractivity contribution >= 4 is 5.84 Å². The van der Waals surface area contributed by atoms with E-state index in [1.807, 2.05) is 0 Å². The SMILES string of the molecule is CC(C)(O)C(=N)N.F.F. The van der Waals surface area contributed by atoms with E-state index in [0.29, 0.717) is 0 Å². The monoisotopic (exact) mass is 142 g/mol. The zero-order valence-corrected chi connectivity index (χ0v) is 5.34. The highest BCUT2D eigenvalue weighted by molar-refractivity contribution is 5.84. The maximum atomic E-state index is 8.75. The second kappa shape index (κ2) is 4.20. The highest BCUT2D eigenvalue weighted by atomic mass is 19.0. The van der Waals surface area contributed by atoms with Gasteiger partial charge in [-0.3, -0.25) is 14.8 Å². The van der Waals surface area contributed by atoms with Crippen LogP contribution in [-0.4, -0.2) is 16.5 Å². The standard InChI is InChI=1S/C4H10N2O.2FH/c1-4(2,7)3(5)6;;/h7H,1-2H3,(H3,5,6);2*1H. The number of aliphatic hydroxyl groups is 1. The lowest BCUT2D eigenvalue weighted by atomic mass is 10.1. The van der Waals surface area contributed by atoms with Gasteiger partial charge in [-0.15, -0.1) is 0 Å². The molecule has 9 heavy (non-hydrogen) atoms.